The second-order valence-electron chi connectivity index (χ2n) is 6.18. The molecule has 4 aromatic rings. The summed E-state index contributed by atoms with van der Waals surface area (Å²) in [4.78, 5) is 15.3. The molecule has 0 spiro atoms. The third-order valence-corrected chi connectivity index (χ3v) is 4.49. The fraction of sp³-hybridized carbons (Fsp3) is 0.100. The van der Waals surface area contributed by atoms with Crippen molar-refractivity contribution >= 4 is 22.3 Å². The highest BCUT2D eigenvalue weighted by molar-refractivity contribution is 5.98. The minimum Gasteiger partial charge on any atom is -0.361 e. The van der Waals surface area contributed by atoms with Crippen LogP contribution in [0.5, 0.6) is 0 Å². The zero-order valence-electron chi connectivity index (χ0n) is 14.4. The zero-order valence-corrected chi connectivity index (χ0v) is 14.4. The minimum atomic E-state index is -0.279. The molecule has 0 amide bonds. The highest BCUT2D eigenvalue weighted by Gasteiger charge is 2.12. The van der Waals surface area contributed by atoms with Gasteiger partial charge in [-0.05, 0) is 36.8 Å². The van der Waals surface area contributed by atoms with Gasteiger partial charge in [0.2, 0.25) is 0 Å². The summed E-state index contributed by atoms with van der Waals surface area (Å²) in [5.41, 5.74) is 3.96. The Hall–Kier alpha value is -3.41. The van der Waals surface area contributed by atoms with Crippen molar-refractivity contribution in [2.75, 3.05) is 5.32 Å². The fourth-order valence-electron chi connectivity index (χ4n) is 3.07. The van der Waals surface area contributed by atoms with E-state index in [1.54, 1.807) is 32.3 Å². The number of hydrogen-bond donors (Lipinski definition) is 2. The number of halogens is 1. The number of aromatic nitrogens is 3. The molecule has 0 saturated carbocycles. The first-order valence-corrected chi connectivity index (χ1v) is 8.20. The Bertz CT molecular complexity index is 1180. The largest absolute Gasteiger partial charge is 0.361 e. The van der Waals surface area contributed by atoms with Gasteiger partial charge in [-0.3, -0.25) is 4.79 Å². The SMILES string of the molecule is Cc1c(Nc2cc(-c3ccccc3F)c3cc[nH]c3c2)cnn(C)c1=O. The van der Waals surface area contributed by atoms with Crippen molar-refractivity contribution in [2.24, 2.45) is 7.05 Å². The maximum absolute atomic E-state index is 14.3. The Labute approximate surface area is 149 Å². The lowest BCUT2D eigenvalue weighted by atomic mass is 10.00. The highest BCUT2D eigenvalue weighted by atomic mass is 19.1. The van der Waals surface area contributed by atoms with Crippen LogP contribution in [0, 0.1) is 12.7 Å². The summed E-state index contributed by atoms with van der Waals surface area (Å²) in [6.45, 7) is 1.75. The first kappa shape index (κ1) is 16.1. The average molecular weight is 348 g/mol. The lowest BCUT2D eigenvalue weighted by Gasteiger charge is -2.13. The quantitative estimate of drug-likeness (QED) is 0.585. The zero-order chi connectivity index (χ0) is 18.3. The predicted molar refractivity (Wildman–Crippen MR) is 101 cm³/mol. The second-order valence-corrected chi connectivity index (χ2v) is 6.18. The van der Waals surface area contributed by atoms with E-state index in [1.165, 1.54) is 10.7 Å². The van der Waals surface area contributed by atoms with Crippen LogP contribution in [-0.2, 0) is 7.05 Å². The monoisotopic (exact) mass is 348 g/mol. The molecule has 4 rings (SSSR count). The van der Waals surface area contributed by atoms with Crippen LogP contribution in [0.4, 0.5) is 15.8 Å². The van der Waals surface area contributed by atoms with Gasteiger partial charge in [-0.25, -0.2) is 9.07 Å². The standard InChI is InChI=1S/C20H17FN4O/c1-12-19(11-23-25(2)20(12)26)24-13-9-16(14-5-3-4-6-17(14)21)15-7-8-22-18(15)10-13/h3-11,22,24H,1-2H3. The fourth-order valence-corrected chi connectivity index (χ4v) is 3.07. The molecule has 0 atom stereocenters. The van der Waals surface area contributed by atoms with Gasteiger partial charge in [0.05, 0.1) is 11.9 Å². The van der Waals surface area contributed by atoms with Gasteiger partial charge in [0, 0.05) is 41.0 Å². The van der Waals surface area contributed by atoms with Crippen LogP contribution in [-0.4, -0.2) is 14.8 Å². The Morgan fingerprint density at radius 3 is 2.77 bits per heavy atom. The molecule has 2 N–H and O–H groups in total. The van der Waals surface area contributed by atoms with Crippen LogP contribution in [0.1, 0.15) is 5.56 Å². The first-order valence-electron chi connectivity index (χ1n) is 8.20. The van der Waals surface area contributed by atoms with Gasteiger partial charge < -0.3 is 10.3 Å². The molecule has 0 aliphatic heterocycles. The van der Waals surface area contributed by atoms with Crippen molar-refractivity contribution in [3.63, 3.8) is 0 Å². The van der Waals surface area contributed by atoms with E-state index in [-0.39, 0.29) is 11.4 Å². The summed E-state index contributed by atoms with van der Waals surface area (Å²) in [5, 5.41) is 8.22. The van der Waals surface area contributed by atoms with Crippen LogP contribution in [0.3, 0.4) is 0 Å². The van der Waals surface area contributed by atoms with Crippen molar-refractivity contribution in [1.82, 2.24) is 14.8 Å². The van der Waals surface area contributed by atoms with E-state index >= 15 is 0 Å². The molecule has 0 aliphatic rings. The molecule has 0 saturated heterocycles. The predicted octanol–water partition coefficient (Wildman–Crippen LogP) is 4.12. The number of aromatic amines is 1. The van der Waals surface area contributed by atoms with E-state index < -0.39 is 0 Å². The van der Waals surface area contributed by atoms with E-state index in [0.717, 1.165) is 22.2 Å². The Morgan fingerprint density at radius 1 is 1.15 bits per heavy atom. The third kappa shape index (κ3) is 2.65. The number of benzene rings is 2. The van der Waals surface area contributed by atoms with Gasteiger partial charge in [-0.1, -0.05) is 18.2 Å². The number of hydrogen-bond acceptors (Lipinski definition) is 3. The number of nitrogens with zero attached hydrogens (tertiary/aromatic N) is 2. The van der Waals surface area contributed by atoms with Crippen LogP contribution < -0.4 is 10.9 Å². The maximum atomic E-state index is 14.3. The Morgan fingerprint density at radius 2 is 1.96 bits per heavy atom. The van der Waals surface area contributed by atoms with Gasteiger partial charge in [0.25, 0.3) is 5.56 Å². The van der Waals surface area contributed by atoms with Crippen LogP contribution >= 0.6 is 0 Å². The lowest BCUT2D eigenvalue weighted by Crippen LogP contribution is -2.22. The Balaban J connectivity index is 1.86. The van der Waals surface area contributed by atoms with E-state index in [9.17, 15) is 9.18 Å². The minimum absolute atomic E-state index is 0.162. The third-order valence-electron chi connectivity index (χ3n) is 4.49. The lowest BCUT2D eigenvalue weighted by molar-refractivity contribution is 0.631. The van der Waals surface area contributed by atoms with Gasteiger partial charge in [0.15, 0.2) is 0 Å². The van der Waals surface area contributed by atoms with E-state index in [1.807, 2.05) is 30.5 Å². The summed E-state index contributed by atoms with van der Waals surface area (Å²) < 4.78 is 15.6. The van der Waals surface area contributed by atoms with Gasteiger partial charge in [-0.2, -0.15) is 5.10 Å². The van der Waals surface area contributed by atoms with Crippen molar-refractivity contribution in [3.05, 3.63) is 76.6 Å². The number of fused-ring (bicyclic) bond motifs is 1. The van der Waals surface area contributed by atoms with Crippen molar-refractivity contribution in [1.29, 1.82) is 0 Å². The van der Waals surface area contributed by atoms with Gasteiger partial charge >= 0.3 is 0 Å². The number of anilines is 2. The summed E-state index contributed by atoms with van der Waals surface area (Å²) in [7, 11) is 1.61. The normalized spacial score (nSPS) is 11.0. The van der Waals surface area contributed by atoms with Crippen molar-refractivity contribution in [2.45, 2.75) is 6.92 Å². The number of aryl methyl sites for hydroxylation is 1. The van der Waals surface area contributed by atoms with Gasteiger partial charge in [0.1, 0.15) is 5.82 Å². The van der Waals surface area contributed by atoms with Crippen LogP contribution in [0.2, 0.25) is 0 Å². The molecule has 0 bridgehead atoms. The summed E-state index contributed by atoms with van der Waals surface area (Å²) in [5.74, 6) is -0.279. The molecule has 2 aromatic carbocycles. The molecule has 2 aromatic heterocycles. The smallest absolute Gasteiger partial charge is 0.271 e. The number of nitrogens with one attached hydrogen (secondary N) is 2. The molecular formula is C20H17FN4O. The molecule has 5 nitrogen and oxygen atoms in total. The van der Waals surface area contributed by atoms with Crippen LogP contribution in [0.15, 0.2) is 59.7 Å². The summed E-state index contributed by atoms with van der Waals surface area (Å²) in [6.07, 6.45) is 3.43. The molecular weight excluding hydrogens is 331 g/mol. The van der Waals surface area contributed by atoms with Crippen molar-refractivity contribution < 1.29 is 4.39 Å². The molecule has 2 heterocycles. The molecule has 0 radical (unpaired) electrons. The Kier molecular flexibility index (Phi) is 3.80. The van der Waals surface area contributed by atoms with Crippen LogP contribution in [0.25, 0.3) is 22.0 Å². The van der Waals surface area contributed by atoms with Crippen molar-refractivity contribution in [3.8, 4) is 11.1 Å². The topological polar surface area (TPSA) is 62.7 Å². The van der Waals surface area contributed by atoms with E-state index in [0.29, 0.717) is 16.8 Å². The number of rotatable bonds is 3. The molecule has 0 aliphatic carbocycles. The summed E-state index contributed by atoms with van der Waals surface area (Å²) in [6, 6.07) is 12.4. The summed E-state index contributed by atoms with van der Waals surface area (Å²) >= 11 is 0. The van der Waals surface area contributed by atoms with E-state index in [4.69, 9.17) is 0 Å². The molecule has 130 valence electrons. The molecule has 0 unspecified atom stereocenters. The highest BCUT2D eigenvalue weighted by Crippen LogP contribution is 2.34. The molecule has 26 heavy (non-hydrogen) atoms. The maximum Gasteiger partial charge on any atom is 0.271 e. The second kappa shape index (κ2) is 6.15. The number of H-pyrrole nitrogens is 1. The first-order chi connectivity index (χ1) is 12.5. The average Bonchev–Trinajstić information content (AvgIpc) is 3.11. The molecule has 6 heteroatoms. The molecule has 0 fully saturated rings. The van der Waals surface area contributed by atoms with E-state index in [2.05, 4.69) is 15.4 Å². The van der Waals surface area contributed by atoms with Gasteiger partial charge in [-0.15, -0.1) is 0 Å².